The molecule has 1 aliphatic rings. The fourth-order valence-corrected chi connectivity index (χ4v) is 1.88. The zero-order chi connectivity index (χ0) is 10.4. The summed E-state index contributed by atoms with van der Waals surface area (Å²) in [6.45, 7) is 10.7. The molecule has 0 radical (unpaired) electrons. The van der Waals surface area contributed by atoms with E-state index in [2.05, 4.69) is 37.8 Å². The van der Waals surface area contributed by atoms with Crippen LogP contribution in [0.4, 0.5) is 0 Å². The summed E-state index contributed by atoms with van der Waals surface area (Å²) >= 11 is 0. The highest BCUT2D eigenvalue weighted by molar-refractivity contribution is 4.92. The van der Waals surface area contributed by atoms with Gasteiger partial charge >= 0.3 is 0 Å². The third kappa shape index (κ3) is 5.43. The van der Waals surface area contributed by atoms with Crippen molar-refractivity contribution < 1.29 is 0 Å². The first-order chi connectivity index (χ1) is 6.58. The molecule has 0 saturated carbocycles. The van der Waals surface area contributed by atoms with E-state index < -0.39 is 0 Å². The molecule has 0 aromatic carbocycles. The molecule has 0 amide bonds. The minimum atomic E-state index is 0.349. The molecule has 1 heterocycles. The van der Waals surface area contributed by atoms with Gasteiger partial charge in [0.05, 0.1) is 0 Å². The van der Waals surface area contributed by atoms with Crippen molar-refractivity contribution in [1.29, 1.82) is 0 Å². The molecular formula is C13H25N. The van der Waals surface area contributed by atoms with Gasteiger partial charge in [0.25, 0.3) is 0 Å². The summed E-state index contributed by atoms with van der Waals surface area (Å²) in [5.41, 5.74) is 0.349. The number of hydrogen-bond acceptors (Lipinski definition) is 1. The lowest BCUT2D eigenvalue weighted by Gasteiger charge is -2.25. The summed E-state index contributed by atoms with van der Waals surface area (Å²) in [5, 5.41) is 0. The van der Waals surface area contributed by atoms with Crippen molar-refractivity contribution in [3.8, 4) is 0 Å². The quantitative estimate of drug-likeness (QED) is 0.623. The second kappa shape index (κ2) is 5.55. The van der Waals surface area contributed by atoms with Gasteiger partial charge in [-0.25, -0.2) is 0 Å². The Hall–Kier alpha value is -0.300. The van der Waals surface area contributed by atoms with Crippen LogP contribution in [-0.2, 0) is 0 Å². The number of nitrogens with zero attached hydrogens (tertiary/aromatic N) is 1. The number of rotatable bonds is 3. The van der Waals surface area contributed by atoms with Crippen LogP contribution in [0.15, 0.2) is 12.2 Å². The minimum absolute atomic E-state index is 0.349. The molecule has 0 N–H and O–H groups in total. The third-order valence-electron chi connectivity index (χ3n) is 2.68. The Labute approximate surface area is 89.2 Å². The first-order valence-electron chi connectivity index (χ1n) is 5.98. The summed E-state index contributed by atoms with van der Waals surface area (Å²) < 4.78 is 0. The zero-order valence-corrected chi connectivity index (χ0v) is 10.1. The monoisotopic (exact) mass is 195 g/mol. The van der Waals surface area contributed by atoms with Gasteiger partial charge in [0.15, 0.2) is 0 Å². The third-order valence-corrected chi connectivity index (χ3v) is 2.68. The maximum Gasteiger partial charge on any atom is 0.00159 e. The van der Waals surface area contributed by atoms with Gasteiger partial charge < -0.3 is 4.90 Å². The molecule has 0 spiro atoms. The largest absolute Gasteiger partial charge is 0.303 e. The van der Waals surface area contributed by atoms with Crippen molar-refractivity contribution in [2.45, 2.75) is 46.5 Å². The topological polar surface area (TPSA) is 3.24 Å². The Bertz CT molecular complexity index is 170. The molecule has 82 valence electrons. The van der Waals surface area contributed by atoms with Crippen molar-refractivity contribution in [1.82, 2.24) is 4.90 Å². The number of likely N-dealkylation sites (tertiary alicyclic amines) is 1. The lowest BCUT2D eigenvalue weighted by molar-refractivity contribution is 0.232. The lowest BCUT2D eigenvalue weighted by atomic mass is 9.96. The SMILES string of the molecule is CC(C)(C)/C=C/CCN1CCCCC1. The fourth-order valence-electron chi connectivity index (χ4n) is 1.88. The Morgan fingerprint density at radius 3 is 2.29 bits per heavy atom. The van der Waals surface area contributed by atoms with Gasteiger partial charge in [-0.2, -0.15) is 0 Å². The molecule has 1 fully saturated rings. The minimum Gasteiger partial charge on any atom is -0.303 e. The van der Waals surface area contributed by atoms with Gasteiger partial charge in [-0.3, -0.25) is 0 Å². The summed E-state index contributed by atoms with van der Waals surface area (Å²) in [6.07, 6.45) is 10.1. The highest BCUT2D eigenvalue weighted by Gasteiger charge is 2.08. The van der Waals surface area contributed by atoms with Crippen LogP contribution in [0.2, 0.25) is 0 Å². The van der Waals surface area contributed by atoms with E-state index in [1.54, 1.807) is 0 Å². The van der Waals surface area contributed by atoms with Gasteiger partial charge in [0, 0.05) is 6.54 Å². The second-order valence-corrected chi connectivity index (χ2v) is 5.46. The van der Waals surface area contributed by atoms with E-state index >= 15 is 0 Å². The van der Waals surface area contributed by atoms with Crippen LogP contribution in [0, 0.1) is 5.41 Å². The molecule has 1 saturated heterocycles. The van der Waals surface area contributed by atoms with Crippen LogP contribution in [0.25, 0.3) is 0 Å². The molecule has 1 heteroatoms. The predicted octanol–water partition coefficient (Wildman–Crippen LogP) is 3.46. The molecule has 0 bridgehead atoms. The van der Waals surface area contributed by atoms with Crippen LogP contribution in [0.1, 0.15) is 46.5 Å². The van der Waals surface area contributed by atoms with Crippen LogP contribution < -0.4 is 0 Å². The molecule has 0 aromatic rings. The van der Waals surface area contributed by atoms with Crippen molar-refractivity contribution in [3.63, 3.8) is 0 Å². The van der Waals surface area contributed by atoms with E-state index in [-0.39, 0.29) is 0 Å². The van der Waals surface area contributed by atoms with E-state index in [4.69, 9.17) is 0 Å². The molecule has 0 aliphatic carbocycles. The molecule has 1 rings (SSSR count). The second-order valence-electron chi connectivity index (χ2n) is 5.46. The number of hydrogen-bond donors (Lipinski definition) is 0. The Balaban J connectivity index is 2.11. The van der Waals surface area contributed by atoms with E-state index in [0.29, 0.717) is 5.41 Å². The summed E-state index contributed by atoms with van der Waals surface area (Å²) in [5.74, 6) is 0. The molecular weight excluding hydrogens is 170 g/mol. The molecule has 0 aromatic heterocycles. The standard InChI is InChI=1S/C13H25N/c1-13(2,3)9-5-8-12-14-10-6-4-7-11-14/h5,9H,4,6-8,10-12H2,1-3H3/b9-5+. The highest BCUT2D eigenvalue weighted by atomic mass is 15.1. The first kappa shape index (κ1) is 11.8. The van der Waals surface area contributed by atoms with E-state index in [9.17, 15) is 0 Å². The average Bonchev–Trinajstić information content (AvgIpc) is 2.13. The van der Waals surface area contributed by atoms with Crippen molar-refractivity contribution in [2.24, 2.45) is 5.41 Å². The maximum atomic E-state index is 2.59. The van der Waals surface area contributed by atoms with E-state index in [1.807, 2.05) is 0 Å². The number of allylic oxidation sites excluding steroid dienone is 1. The van der Waals surface area contributed by atoms with E-state index in [0.717, 1.165) is 0 Å². The molecule has 0 atom stereocenters. The first-order valence-corrected chi connectivity index (χ1v) is 5.98. The van der Waals surface area contributed by atoms with Crippen molar-refractivity contribution >= 4 is 0 Å². The average molecular weight is 195 g/mol. The zero-order valence-electron chi connectivity index (χ0n) is 10.1. The van der Waals surface area contributed by atoms with Crippen LogP contribution >= 0.6 is 0 Å². The highest BCUT2D eigenvalue weighted by Crippen LogP contribution is 2.15. The molecule has 1 nitrogen and oxygen atoms in total. The number of piperidine rings is 1. The normalized spacial score (nSPS) is 20.5. The van der Waals surface area contributed by atoms with Gasteiger partial charge in [-0.05, 0) is 37.8 Å². The summed E-state index contributed by atoms with van der Waals surface area (Å²) in [7, 11) is 0. The van der Waals surface area contributed by atoms with Gasteiger partial charge in [-0.15, -0.1) is 0 Å². The van der Waals surface area contributed by atoms with Gasteiger partial charge in [-0.1, -0.05) is 39.3 Å². The van der Waals surface area contributed by atoms with Crippen LogP contribution in [-0.4, -0.2) is 24.5 Å². The smallest absolute Gasteiger partial charge is 0.00159 e. The van der Waals surface area contributed by atoms with Gasteiger partial charge in [0.1, 0.15) is 0 Å². The van der Waals surface area contributed by atoms with Crippen molar-refractivity contribution in [3.05, 3.63) is 12.2 Å². The summed E-state index contributed by atoms with van der Waals surface area (Å²) in [6, 6.07) is 0. The van der Waals surface area contributed by atoms with Crippen LogP contribution in [0.5, 0.6) is 0 Å². The molecule has 0 unspecified atom stereocenters. The Morgan fingerprint density at radius 1 is 1.07 bits per heavy atom. The lowest BCUT2D eigenvalue weighted by Crippen LogP contribution is -2.30. The molecule has 14 heavy (non-hydrogen) atoms. The van der Waals surface area contributed by atoms with Crippen LogP contribution in [0.3, 0.4) is 0 Å². The summed E-state index contributed by atoms with van der Waals surface area (Å²) in [4.78, 5) is 2.59. The molecule has 1 aliphatic heterocycles. The predicted molar refractivity (Wildman–Crippen MR) is 63.5 cm³/mol. The fraction of sp³-hybridized carbons (Fsp3) is 0.846. The maximum absolute atomic E-state index is 2.59. The van der Waals surface area contributed by atoms with Crippen molar-refractivity contribution in [2.75, 3.05) is 19.6 Å². The Kier molecular flexibility index (Phi) is 4.67. The van der Waals surface area contributed by atoms with Gasteiger partial charge in [0.2, 0.25) is 0 Å². The van der Waals surface area contributed by atoms with E-state index in [1.165, 1.54) is 45.3 Å². The Morgan fingerprint density at radius 2 is 1.71 bits per heavy atom.